The summed E-state index contributed by atoms with van der Waals surface area (Å²) in [6.07, 6.45) is 2.72. The van der Waals surface area contributed by atoms with Gasteiger partial charge in [0, 0.05) is 6.54 Å². The third kappa shape index (κ3) is 9.71. The zero-order valence-corrected chi connectivity index (χ0v) is 16.4. The molecule has 0 aliphatic heterocycles. The normalized spacial score (nSPS) is 14.4. The van der Waals surface area contributed by atoms with Gasteiger partial charge in [0.05, 0.1) is 11.8 Å². The van der Waals surface area contributed by atoms with Gasteiger partial charge >= 0.3 is 5.97 Å². The van der Waals surface area contributed by atoms with Crippen molar-refractivity contribution in [1.82, 2.24) is 10.9 Å². The molecule has 0 rings (SSSR count). The smallest absolute Gasteiger partial charge is 0.310 e. The number of hydrogen-bond acceptors (Lipinski definition) is 4. The van der Waals surface area contributed by atoms with Gasteiger partial charge in [0.2, 0.25) is 5.91 Å². The Balaban J connectivity index is 5.19. The van der Waals surface area contributed by atoms with E-state index in [1.54, 1.807) is 6.08 Å². The zero-order chi connectivity index (χ0) is 18.9. The molecule has 2 atom stereocenters. The molecule has 0 bridgehead atoms. The highest BCUT2D eigenvalue weighted by Gasteiger charge is 2.36. The van der Waals surface area contributed by atoms with E-state index in [2.05, 4.69) is 31.3 Å². The van der Waals surface area contributed by atoms with E-state index in [-0.39, 0.29) is 11.9 Å². The van der Waals surface area contributed by atoms with E-state index in [0.29, 0.717) is 31.2 Å². The van der Waals surface area contributed by atoms with Gasteiger partial charge in [-0.3, -0.25) is 15.0 Å². The SMILES string of the molecule is C=CCC(C(=O)OC(C)(C)C)[C@@H](CC(C)C)C(=O)NNCC(C)C. The third-order valence-electron chi connectivity index (χ3n) is 3.40. The van der Waals surface area contributed by atoms with Crippen molar-refractivity contribution < 1.29 is 14.3 Å². The second-order valence-corrected chi connectivity index (χ2v) is 8.16. The average Bonchev–Trinajstić information content (AvgIpc) is 2.39. The lowest BCUT2D eigenvalue weighted by Gasteiger charge is -2.29. The fraction of sp³-hybridized carbons (Fsp3) is 0.789. The van der Waals surface area contributed by atoms with Crippen LogP contribution < -0.4 is 10.9 Å². The fourth-order valence-corrected chi connectivity index (χ4v) is 2.38. The van der Waals surface area contributed by atoms with Gasteiger partial charge in [0.15, 0.2) is 0 Å². The first-order valence-electron chi connectivity index (χ1n) is 8.84. The first-order chi connectivity index (χ1) is 11.0. The van der Waals surface area contributed by atoms with Crippen LogP contribution in [0.2, 0.25) is 0 Å². The van der Waals surface area contributed by atoms with E-state index in [4.69, 9.17) is 4.74 Å². The van der Waals surface area contributed by atoms with Crippen LogP contribution in [0.4, 0.5) is 0 Å². The number of nitrogens with one attached hydrogen (secondary N) is 2. The minimum atomic E-state index is -0.578. The molecule has 0 saturated carbocycles. The maximum absolute atomic E-state index is 12.6. The van der Waals surface area contributed by atoms with Gasteiger partial charge in [-0.15, -0.1) is 6.58 Å². The summed E-state index contributed by atoms with van der Waals surface area (Å²) in [7, 11) is 0. The van der Waals surface area contributed by atoms with Crippen molar-refractivity contribution in [3.8, 4) is 0 Å². The van der Waals surface area contributed by atoms with Gasteiger partial charge in [-0.2, -0.15) is 0 Å². The molecule has 1 amide bonds. The molecule has 0 aromatic heterocycles. The molecule has 5 nitrogen and oxygen atoms in total. The third-order valence-corrected chi connectivity index (χ3v) is 3.40. The summed E-state index contributed by atoms with van der Waals surface area (Å²) in [5, 5.41) is 0. The fourth-order valence-electron chi connectivity index (χ4n) is 2.38. The Kier molecular flexibility index (Phi) is 9.90. The Hall–Kier alpha value is -1.36. The highest BCUT2D eigenvalue weighted by Crippen LogP contribution is 2.27. The maximum Gasteiger partial charge on any atom is 0.310 e. The van der Waals surface area contributed by atoms with Crippen LogP contribution in [0.25, 0.3) is 0 Å². The number of allylic oxidation sites excluding steroid dienone is 1. The predicted octanol–water partition coefficient (Wildman–Crippen LogP) is 3.46. The molecule has 140 valence electrons. The molecule has 1 unspecified atom stereocenters. The molecule has 0 saturated heterocycles. The highest BCUT2D eigenvalue weighted by molar-refractivity contribution is 5.85. The number of carbonyl (C=O) groups excluding carboxylic acids is 2. The molecule has 0 aromatic rings. The highest BCUT2D eigenvalue weighted by atomic mass is 16.6. The van der Waals surface area contributed by atoms with Gasteiger partial charge in [-0.25, -0.2) is 5.43 Å². The quantitative estimate of drug-likeness (QED) is 0.363. The van der Waals surface area contributed by atoms with Gasteiger partial charge in [-0.1, -0.05) is 33.8 Å². The van der Waals surface area contributed by atoms with Crippen LogP contribution in [0.15, 0.2) is 12.7 Å². The average molecular weight is 341 g/mol. The van der Waals surface area contributed by atoms with Crippen molar-refractivity contribution in [3.63, 3.8) is 0 Å². The zero-order valence-electron chi connectivity index (χ0n) is 16.4. The molecule has 2 N–H and O–H groups in total. The van der Waals surface area contributed by atoms with Crippen LogP contribution in [-0.4, -0.2) is 24.0 Å². The first-order valence-corrected chi connectivity index (χ1v) is 8.84. The van der Waals surface area contributed by atoms with Crippen LogP contribution in [0, 0.1) is 23.7 Å². The number of hydrazine groups is 1. The molecular weight excluding hydrogens is 304 g/mol. The topological polar surface area (TPSA) is 67.4 Å². The van der Waals surface area contributed by atoms with Crippen LogP contribution in [0.1, 0.15) is 61.3 Å². The van der Waals surface area contributed by atoms with Crippen molar-refractivity contribution in [2.75, 3.05) is 6.54 Å². The van der Waals surface area contributed by atoms with Crippen molar-refractivity contribution >= 4 is 11.9 Å². The standard InChI is InChI=1S/C19H36N2O3/c1-9-10-15(18(23)24-19(6,7)8)16(11-13(2)3)17(22)21-20-12-14(4)5/h9,13-16,20H,1,10-12H2,2-8H3,(H,21,22)/t15?,16-/m1/s1. The van der Waals surface area contributed by atoms with Gasteiger partial charge in [-0.05, 0) is 45.4 Å². The van der Waals surface area contributed by atoms with Gasteiger partial charge < -0.3 is 4.74 Å². The Labute approximate surface area is 147 Å². The lowest BCUT2D eigenvalue weighted by Crippen LogP contribution is -2.47. The summed E-state index contributed by atoms with van der Waals surface area (Å²) < 4.78 is 5.52. The number of ether oxygens (including phenoxy) is 1. The Morgan fingerprint density at radius 2 is 1.67 bits per heavy atom. The van der Waals surface area contributed by atoms with Gasteiger partial charge in [0.1, 0.15) is 5.60 Å². The van der Waals surface area contributed by atoms with Gasteiger partial charge in [0.25, 0.3) is 0 Å². The molecule has 0 fully saturated rings. The van der Waals surface area contributed by atoms with Crippen molar-refractivity contribution in [1.29, 1.82) is 0 Å². The predicted molar refractivity (Wildman–Crippen MR) is 98.1 cm³/mol. The lowest BCUT2D eigenvalue weighted by molar-refractivity contribution is -0.164. The van der Waals surface area contributed by atoms with E-state index in [0.717, 1.165) is 0 Å². The van der Waals surface area contributed by atoms with Crippen LogP contribution in [0.3, 0.4) is 0 Å². The van der Waals surface area contributed by atoms with E-state index in [1.165, 1.54) is 0 Å². The van der Waals surface area contributed by atoms with Crippen LogP contribution >= 0.6 is 0 Å². The number of hydrogen-bond donors (Lipinski definition) is 2. The Morgan fingerprint density at radius 1 is 1.08 bits per heavy atom. The molecule has 5 heteroatoms. The number of carbonyl (C=O) groups is 2. The molecule has 0 aromatic carbocycles. The first kappa shape index (κ1) is 22.6. The molecular formula is C19H36N2O3. The largest absolute Gasteiger partial charge is 0.460 e. The summed E-state index contributed by atoms with van der Waals surface area (Å²) in [5.74, 6) is -0.763. The molecule has 0 aliphatic rings. The molecule has 0 radical (unpaired) electrons. The second-order valence-electron chi connectivity index (χ2n) is 8.16. The lowest BCUT2D eigenvalue weighted by atomic mass is 9.82. The number of rotatable bonds is 10. The minimum Gasteiger partial charge on any atom is -0.460 e. The summed E-state index contributed by atoms with van der Waals surface area (Å²) >= 11 is 0. The van der Waals surface area contributed by atoms with Crippen molar-refractivity contribution in [2.45, 2.75) is 66.9 Å². The summed E-state index contributed by atoms with van der Waals surface area (Å²) in [5.41, 5.74) is 5.11. The Bertz CT molecular complexity index is 411. The molecule has 24 heavy (non-hydrogen) atoms. The molecule has 0 spiro atoms. The Morgan fingerprint density at radius 3 is 2.08 bits per heavy atom. The number of amides is 1. The van der Waals surface area contributed by atoms with Crippen molar-refractivity contribution in [2.24, 2.45) is 23.7 Å². The summed E-state index contributed by atoms with van der Waals surface area (Å²) in [6.45, 7) is 18.1. The molecule has 0 aliphatic carbocycles. The summed E-state index contributed by atoms with van der Waals surface area (Å²) in [6, 6.07) is 0. The number of esters is 1. The van der Waals surface area contributed by atoms with E-state index >= 15 is 0 Å². The minimum absolute atomic E-state index is 0.165. The summed E-state index contributed by atoms with van der Waals surface area (Å²) in [4.78, 5) is 25.2. The van der Waals surface area contributed by atoms with E-state index in [9.17, 15) is 9.59 Å². The van der Waals surface area contributed by atoms with E-state index in [1.807, 2.05) is 34.6 Å². The molecule has 0 heterocycles. The second kappa shape index (κ2) is 10.5. The van der Waals surface area contributed by atoms with Crippen LogP contribution in [0.5, 0.6) is 0 Å². The van der Waals surface area contributed by atoms with Crippen LogP contribution in [-0.2, 0) is 14.3 Å². The monoisotopic (exact) mass is 340 g/mol. The van der Waals surface area contributed by atoms with Crippen molar-refractivity contribution in [3.05, 3.63) is 12.7 Å². The maximum atomic E-state index is 12.6. The van der Waals surface area contributed by atoms with E-state index < -0.39 is 17.4 Å².